The van der Waals surface area contributed by atoms with E-state index in [1.165, 1.54) is 11.8 Å². The molecule has 0 spiro atoms. The number of aryl methyl sites for hydroxylation is 1. The van der Waals surface area contributed by atoms with Crippen LogP contribution in [-0.4, -0.2) is 15.6 Å². The predicted octanol–water partition coefficient (Wildman–Crippen LogP) is 4.95. The van der Waals surface area contributed by atoms with E-state index in [1.54, 1.807) is 6.07 Å². The second-order valence-corrected chi connectivity index (χ2v) is 7.76. The number of amidine groups is 1. The molecule has 2 aromatic rings. The highest BCUT2D eigenvalue weighted by atomic mass is 79.9. The van der Waals surface area contributed by atoms with Crippen molar-refractivity contribution in [2.45, 2.75) is 13.8 Å². The van der Waals surface area contributed by atoms with Gasteiger partial charge in [0.25, 0.3) is 5.91 Å². The van der Waals surface area contributed by atoms with Crippen LogP contribution >= 0.6 is 39.3 Å². The molecule has 2 heterocycles. The molecule has 1 aromatic heterocycles. The van der Waals surface area contributed by atoms with Crippen LogP contribution in [0.25, 0.3) is 6.08 Å². The summed E-state index contributed by atoms with van der Waals surface area (Å²) in [5, 5.41) is 3.92. The van der Waals surface area contributed by atoms with Gasteiger partial charge in [-0.2, -0.15) is 0 Å². The van der Waals surface area contributed by atoms with Crippen LogP contribution in [0.5, 0.6) is 0 Å². The summed E-state index contributed by atoms with van der Waals surface area (Å²) in [4.78, 5) is 17.3. The number of hydrogen-bond donors (Lipinski definition) is 1. The Morgan fingerprint density at radius 1 is 1.33 bits per heavy atom. The van der Waals surface area contributed by atoms with Crippen LogP contribution < -0.4 is 5.32 Å². The molecule has 4 nitrogen and oxygen atoms in total. The highest BCUT2D eigenvalue weighted by molar-refractivity contribution is 9.10. The zero-order valence-corrected chi connectivity index (χ0v) is 16.5. The molecule has 1 N–H and O–H groups in total. The van der Waals surface area contributed by atoms with Gasteiger partial charge in [-0.15, -0.1) is 0 Å². The molecule has 7 heteroatoms. The summed E-state index contributed by atoms with van der Waals surface area (Å²) in [5.74, 6) is -0.136. The van der Waals surface area contributed by atoms with Crippen LogP contribution in [0.4, 0.5) is 5.69 Å². The zero-order valence-electron chi connectivity index (χ0n) is 13.4. The van der Waals surface area contributed by atoms with Crippen LogP contribution in [0.3, 0.4) is 0 Å². The van der Waals surface area contributed by atoms with Crippen molar-refractivity contribution in [3.05, 3.63) is 55.6 Å². The maximum Gasteiger partial charge on any atom is 0.264 e. The highest BCUT2D eigenvalue weighted by Gasteiger charge is 2.24. The largest absolute Gasteiger partial charge is 0.352 e. The average Bonchev–Trinajstić information content (AvgIpc) is 2.98. The summed E-state index contributed by atoms with van der Waals surface area (Å²) >= 11 is 10.7. The first kappa shape index (κ1) is 17.3. The second kappa shape index (κ2) is 6.78. The Labute approximate surface area is 158 Å². The molecule has 0 radical (unpaired) electrons. The van der Waals surface area contributed by atoms with Crippen LogP contribution in [-0.2, 0) is 11.8 Å². The van der Waals surface area contributed by atoms with Gasteiger partial charge in [-0.3, -0.25) is 4.79 Å². The van der Waals surface area contributed by atoms with Gasteiger partial charge in [-0.1, -0.05) is 11.6 Å². The smallest absolute Gasteiger partial charge is 0.264 e. The lowest BCUT2D eigenvalue weighted by atomic mass is 10.2. The number of hydrogen-bond acceptors (Lipinski definition) is 3. The van der Waals surface area contributed by atoms with E-state index in [4.69, 9.17) is 11.6 Å². The standard InChI is InChI=1S/C17H15BrClN3OS/c1-9-6-11(10(2)22(9)3)7-15-16(23)21-17(24-15)20-12-4-5-13(18)14(19)8-12/h4-8H,1-3H3,(H,20,21,23)/b15-7-. The van der Waals surface area contributed by atoms with E-state index < -0.39 is 0 Å². The molecule has 124 valence electrons. The van der Waals surface area contributed by atoms with Gasteiger partial charge in [0.1, 0.15) is 0 Å². The van der Waals surface area contributed by atoms with Crippen LogP contribution in [0.2, 0.25) is 5.02 Å². The summed E-state index contributed by atoms with van der Waals surface area (Å²) in [6, 6.07) is 7.48. The normalized spacial score (nSPS) is 17.8. The third-order valence-corrected chi connectivity index (χ3v) is 6.03. The van der Waals surface area contributed by atoms with Gasteiger partial charge in [0.15, 0.2) is 5.17 Å². The van der Waals surface area contributed by atoms with E-state index in [-0.39, 0.29) is 5.91 Å². The molecule has 0 saturated carbocycles. The number of carbonyl (C=O) groups excluding carboxylic acids is 1. The topological polar surface area (TPSA) is 46.4 Å². The molecule has 0 bridgehead atoms. The monoisotopic (exact) mass is 423 g/mol. The van der Waals surface area contributed by atoms with Gasteiger partial charge in [-0.25, -0.2) is 4.99 Å². The van der Waals surface area contributed by atoms with Crippen molar-refractivity contribution in [3.8, 4) is 0 Å². The molecular weight excluding hydrogens is 410 g/mol. The molecule has 0 atom stereocenters. The van der Waals surface area contributed by atoms with Gasteiger partial charge in [-0.05, 0) is 77.4 Å². The van der Waals surface area contributed by atoms with Crippen LogP contribution in [0.15, 0.2) is 38.6 Å². The van der Waals surface area contributed by atoms with Crippen molar-refractivity contribution in [1.29, 1.82) is 0 Å². The van der Waals surface area contributed by atoms with Crippen molar-refractivity contribution in [3.63, 3.8) is 0 Å². The minimum Gasteiger partial charge on any atom is -0.352 e. The number of nitrogens with one attached hydrogen (secondary N) is 1. The van der Waals surface area contributed by atoms with Crippen LogP contribution in [0, 0.1) is 13.8 Å². The lowest BCUT2D eigenvalue weighted by molar-refractivity contribution is -0.115. The van der Waals surface area contributed by atoms with Gasteiger partial charge < -0.3 is 9.88 Å². The lowest BCUT2D eigenvalue weighted by Crippen LogP contribution is -2.19. The minimum absolute atomic E-state index is 0.136. The predicted molar refractivity (Wildman–Crippen MR) is 105 cm³/mol. The summed E-state index contributed by atoms with van der Waals surface area (Å²) in [6.07, 6.45) is 1.90. The fourth-order valence-corrected chi connectivity index (χ4v) is 3.58. The van der Waals surface area contributed by atoms with E-state index in [9.17, 15) is 4.79 Å². The van der Waals surface area contributed by atoms with Crippen LogP contribution in [0.1, 0.15) is 17.0 Å². The number of aromatic nitrogens is 1. The second-order valence-electron chi connectivity index (χ2n) is 5.47. The first-order valence-corrected chi connectivity index (χ1v) is 9.21. The first-order chi connectivity index (χ1) is 11.3. The maximum atomic E-state index is 12.2. The molecule has 0 unspecified atom stereocenters. The van der Waals surface area contributed by atoms with Gasteiger partial charge in [0.05, 0.1) is 15.6 Å². The number of halogens is 2. The van der Waals surface area contributed by atoms with E-state index in [0.717, 1.165) is 21.4 Å². The molecule has 0 aliphatic carbocycles. The molecular formula is C17H15BrClN3OS. The molecule has 1 aliphatic rings. The Morgan fingerprint density at radius 3 is 2.71 bits per heavy atom. The van der Waals surface area contributed by atoms with E-state index >= 15 is 0 Å². The van der Waals surface area contributed by atoms with Crippen molar-refractivity contribution < 1.29 is 4.79 Å². The minimum atomic E-state index is -0.136. The van der Waals surface area contributed by atoms with Gasteiger partial charge in [0.2, 0.25) is 0 Å². The Balaban J connectivity index is 1.87. The molecule has 1 amide bonds. The molecule has 3 rings (SSSR count). The zero-order chi connectivity index (χ0) is 17.4. The number of thioether (sulfide) groups is 1. The quantitative estimate of drug-likeness (QED) is 0.693. The Kier molecular flexibility index (Phi) is 4.90. The van der Waals surface area contributed by atoms with E-state index in [1.807, 2.05) is 39.1 Å². The Bertz CT molecular complexity index is 901. The summed E-state index contributed by atoms with van der Waals surface area (Å²) < 4.78 is 2.91. The number of aliphatic imine (C=N–C) groups is 1. The number of rotatable bonds is 2. The SMILES string of the molecule is Cc1cc(/C=C2\SC(=Nc3ccc(Br)c(Cl)c3)NC2=O)c(C)n1C. The van der Waals surface area contributed by atoms with Crippen molar-refractivity contribution in [2.75, 3.05) is 0 Å². The van der Waals surface area contributed by atoms with Gasteiger partial charge >= 0.3 is 0 Å². The van der Waals surface area contributed by atoms with E-state index in [0.29, 0.717) is 20.8 Å². The maximum absolute atomic E-state index is 12.2. The van der Waals surface area contributed by atoms with Crippen molar-refractivity contribution >= 4 is 62.1 Å². The number of carbonyl (C=O) groups is 1. The Hall–Kier alpha value is -1.50. The fourth-order valence-electron chi connectivity index (χ4n) is 2.32. The molecule has 1 aromatic carbocycles. The first-order valence-electron chi connectivity index (χ1n) is 7.22. The lowest BCUT2D eigenvalue weighted by Gasteiger charge is -1.99. The highest BCUT2D eigenvalue weighted by Crippen LogP contribution is 2.31. The third kappa shape index (κ3) is 3.45. The summed E-state index contributed by atoms with van der Waals surface area (Å²) in [7, 11) is 2.01. The fraction of sp³-hybridized carbons (Fsp3) is 0.176. The Morgan fingerprint density at radius 2 is 2.08 bits per heavy atom. The molecule has 1 fully saturated rings. The number of amides is 1. The molecule has 1 saturated heterocycles. The van der Waals surface area contributed by atoms with Crippen molar-refractivity contribution in [2.24, 2.45) is 12.0 Å². The third-order valence-electron chi connectivity index (χ3n) is 3.89. The van der Waals surface area contributed by atoms with Crippen molar-refractivity contribution in [1.82, 2.24) is 9.88 Å². The summed E-state index contributed by atoms with van der Waals surface area (Å²) in [5.41, 5.74) is 4.01. The summed E-state index contributed by atoms with van der Waals surface area (Å²) in [6.45, 7) is 4.08. The average molecular weight is 425 g/mol. The van der Waals surface area contributed by atoms with E-state index in [2.05, 4.69) is 36.9 Å². The number of benzene rings is 1. The van der Waals surface area contributed by atoms with Gasteiger partial charge in [0, 0.05) is 22.9 Å². The molecule has 24 heavy (non-hydrogen) atoms. The number of nitrogens with zero attached hydrogens (tertiary/aromatic N) is 2. The molecule has 1 aliphatic heterocycles.